The SMILES string of the molecule is CCC(C)Nc1cnc(C(=O)Nc2ccc(Cl)c(Cl)c2)cn1. The molecule has 2 aromatic rings. The average Bonchev–Trinajstić information content (AvgIpc) is 2.51. The Kier molecular flexibility index (Phi) is 5.57. The zero-order valence-electron chi connectivity index (χ0n) is 12.2. The molecular formula is C15H16Cl2N4O. The topological polar surface area (TPSA) is 66.9 Å². The van der Waals surface area contributed by atoms with Crippen molar-refractivity contribution in [3.05, 3.63) is 46.3 Å². The molecule has 1 heterocycles. The summed E-state index contributed by atoms with van der Waals surface area (Å²) in [5.74, 6) is 0.279. The van der Waals surface area contributed by atoms with Crippen LogP contribution in [-0.2, 0) is 0 Å². The van der Waals surface area contributed by atoms with E-state index in [-0.39, 0.29) is 11.6 Å². The van der Waals surface area contributed by atoms with Gasteiger partial charge in [-0.3, -0.25) is 4.79 Å². The minimum absolute atomic E-state index is 0.223. The number of hydrogen-bond donors (Lipinski definition) is 2. The maximum absolute atomic E-state index is 12.1. The van der Waals surface area contributed by atoms with Gasteiger partial charge in [-0.1, -0.05) is 30.1 Å². The van der Waals surface area contributed by atoms with Crippen LogP contribution in [0, 0.1) is 0 Å². The molecule has 0 saturated heterocycles. The summed E-state index contributed by atoms with van der Waals surface area (Å²) in [4.78, 5) is 20.4. The molecule has 2 rings (SSSR count). The molecule has 1 amide bonds. The van der Waals surface area contributed by atoms with Crippen molar-refractivity contribution < 1.29 is 4.79 Å². The Hall–Kier alpha value is -1.85. The first kappa shape index (κ1) is 16.5. The molecule has 5 nitrogen and oxygen atoms in total. The molecule has 1 unspecified atom stereocenters. The Balaban J connectivity index is 2.04. The summed E-state index contributed by atoms with van der Waals surface area (Å²) in [6.45, 7) is 4.12. The van der Waals surface area contributed by atoms with E-state index in [0.29, 0.717) is 27.6 Å². The van der Waals surface area contributed by atoms with Crippen LogP contribution in [0.25, 0.3) is 0 Å². The standard InChI is InChI=1S/C15H16Cl2N4O/c1-3-9(2)20-14-8-18-13(7-19-14)15(22)21-10-4-5-11(16)12(17)6-10/h4-9H,3H2,1-2H3,(H,19,20)(H,21,22). The molecule has 22 heavy (non-hydrogen) atoms. The van der Waals surface area contributed by atoms with Crippen LogP contribution >= 0.6 is 23.2 Å². The number of halogens is 2. The first-order chi connectivity index (χ1) is 10.5. The highest BCUT2D eigenvalue weighted by atomic mass is 35.5. The predicted octanol–water partition coefficient (Wildman–Crippen LogP) is 4.25. The third kappa shape index (κ3) is 4.32. The van der Waals surface area contributed by atoms with Gasteiger partial charge in [0.25, 0.3) is 5.91 Å². The van der Waals surface area contributed by atoms with Crippen molar-refractivity contribution >= 4 is 40.6 Å². The Morgan fingerprint density at radius 1 is 1.23 bits per heavy atom. The van der Waals surface area contributed by atoms with Gasteiger partial charge in [-0.2, -0.15) is 0 Å². The van der Waals surface area contributed by atoms with E-state index in [1.165, 1.54) is 12.4 Å². The monoisotopic (exact) mass is 338 g/mol. The van der Waals surface area contributed by atoms with Gasteiger partial charge in [0.15, 0.2) is 0 Å². The molecule has 1 aromatic heterocycles. The van der Waals surface area contributed by atoms with Gasteiger partial charge in [0, 0.05) is 11.7 Å². The van der Waals surface area contributed by atoms with E-state index in [0.717, 1.165) is 6.42 Å². The van der Waals surface area contributed by atoms with Crippen LogP contribution < -0.4 is 10.6 Å². The van der Waals surface area contributed by atoms with Gasteiger partial charge in [-0.25, -0.2) is 9.97 Å². The predicted molar refractivity (Wildman–Crippen MR) is 89.8 cm³/mol. The average molecular weight is 339 g/mol. The fourth-order valence-electron chi connectivity index (χ4n) is 1.64. The van der Waals surface area contributed by atoms with Crippen LogP contribution in [0.3, 0.4) is 0 Å². The van der Waals surface area contributed by atoms with Crippen molar-refractivity contribution in [1.29, 1.82) is 0 Å². The lowest BCUT2D eigenvalue weighted by Gasteiger charge is -2.11. The molecule has 0 aliphatic heterocycles. The number of nitrogens with one attached hydrogen (secondary N) is 2. The molecule has 0 spiro atoms. The molecule has 0 bridgehead atoms. The molecule has 7 heteroatoms. The molecule has 0 fully saturated rings. The number of hydrogen-bond acceptors (Lipinski definition) is 4. The van der Waals surface area contributed by atoms with Gasteiger partial charge >= 0.3 is 0 Å². The van der Waals surface area contributed by atoms with Crippen LogP contribution in [0.2, 0.25) is 10.0 Å². The summed E-state index contributed by atoms with van der Waals surface area (Å²) >= 11 is 11.7. The molecule has 0 radical (unpaired) electrons. The largest absolute Gasteiger partial charge is 0.366 e. The van der Waals surface area contributed by atoms with Crippen molar-refractivity contribution in [3.8, 4) is 0 Å². The van der Waals surface area contributed by atoms with Gasteiger partial charge in [0.1, 0.15) is 11.5 Å². The van der Waals surface area contributed by atoms with Crippen LogP contribution in [0.4, 0.5) is 11.5 Å². The molecule has 116 valence electrons. The van der Waals surface area contributed by atoms with Gasteiger partial charge in [0.2, 0.25) is 0 Å². The zero-order chi connectivity index (χ0) is 16.1. The Morgan fingerprint density at radius 2 is 2.00 bits per heavy atom. The van der Waals surface area contributed by atoms with E-state index in [9.17, 15) is 4.79 Å². The number of carbonyl (C=O) groups excluding carboxylic acids is 1. The first-order valence-electron chi connectivity index (χ1n) is 6.84. The lowest BCUT2D eigenvalue weighted by atomic mass is 10.2. The van der Waals surface area contributed by atoms with Gasteiger partial charge in [-0.15, -0.1) is 0 Å². The lowest BCUT2D eigenvalue weighted by Crippen LogP contribution is -2.17. The molecule has 0 aliphatic rings. The summed E-state index contributed by atoms with van der Waals surface area (Å²) in [5, 5.41) is 6.68. The number of nitrogens with zero attached hydrogens (tertiary/aromatic N) is 2. The van der Waals surface area contributed by atoms with Gasteiger partial charge < -0.3 is 10.6 Å². The number of amides is 1. The van der Waals surface area contributed by atoms with Gasteiger partial charge in [-0.05, 0) is 31.5 Å². The van der Waals surface area contributed by atoms with Crippen molar-refractivity contribution in [1.82, 2.24) is 9.97 Å². The molecule has 2 N–H and O–H groups in total. The van der Waals surface area contributed by atoms with Crippen molar-refractivity contribution in [3.63, 3.8) is 0 Å². The maximum Gasteiger partial charge on any atom is 0.275 e. The number of rotatable bonds is 5. The minimum Gasteiger partial charge on any atom is -0.366 e. The van der Waals surface area contributed by atoms with Crippen LogP contribution in [0.1, 0.15) is 30.8 Å². The summed E-state index contributed by atoms with van der Waals surface area (Å²) in [5.41, 5.74) is 0.767. The maximum atomic E-state index is 12.1. The number of aromatic nitrogens is 2. The second kappa shape index (κ2) is 7.42. The highest BCUT2D eigenvalue weighted by molar-refractivity contribution is 6.42. The molecule has 1 aromatic carbocycles. The van der Waals surface area contributed by atoms with E-state index in [4.69, 9.17) is 23.2 Å². The third-order valence-electron chi connectivity index (χ3n) is 3.07. The van der Waals surface area contributed by atoms with Crippen molar-refractivity contribution in [2.75, 3.05) is 10.6 Å². The number of anilines is 2. The zero-order valence-corrected chi connectivity index (χ0v) is 13.7. The summed E-state index contributed by atoms with van der Waals surface area (Å²) < 4.78 is 0. The fraction of sp³-hybridized carbons (Fsp3) is 0.267. The number of benzene rings is 1. The highest BCUT2D eigenvalue weighted by Crippen LogP contribution is 2.25. The van der Waals surface area contributed by atoms with E-state index in [2.05, 4.69) is 27.5 Å². The summed E-state index contributed by atoms with van der Waals surface area (Å²) in [6.07, 6.45) is 3.94. The van der Waals surface area contributed by atoms with E-state index in [1.54, 1.807) is 18.2 Å². The third-order valence-corrected chi connectivity index (χ3v) is 3.81. The minimum atomic E-state index is -0.360. The van der Waals surface area contributed by atoms with Crippen molar-refractivity contribution in [2.45, 2.75) is 26.3 Å². The smallest absolute Gasteiger partial charge is 0.275 e. The van der Waals surface area contributed by atoms with Crippen LogP contribution in [0.5, 0.6) is 0 Å². The fourth-order valence-corrected chi connectivity index (χ4v) is 1.94. The van der Waals surface area contributed by atoms with Gasteiger partial charge in [0.05, 0.1) is 22.4 Å². The second-order valence-electron chi connectivity index (χ2n) is 4.82. The Morgan fingerprint density at radius 3 is 2.59 bits per heavy atom. The Labute approximate surface area is 139 Å². The van der Waals surface area contributed by atoms with Crippen molar-refractivity contribution in [2.24, 2.45) is 0 Å². The van der Waals surface area contributed by atoms with E-state index >= 15 is 0 Å². The second-order valence-corrected chi connectivity index (χ2v) is 5.64. The normalized spacial score (nSPS) is 11.8. The summed E-state index contributed by atoms with van der Waals surface area (Å²) in [7, 11) is 0. The lowest BCUT2D eigenvalue weighted by molar-refractivity contribution is 0.102. The van der Waals surface area contributed by atoms with E-state index < -0.39 is 0 Å². The molecule has 1 atom stereocenters. The molecular weight excluding hydrogens is 323 g/mol. The van der Waals surface area contributed by atoms with Crippen LogP contribution in [-0.4, -0.2) is 21.9 Å². The quantitative estimate of drug-likeness (QED) is 0.855. The first-order valence-corrected chi connectivity index (χ1v) is 7.60. The molecule has 0 aliphatic carbocycles. The van der Waals surface area contributed by atoms with E-state index in [1.807, 2.05) is 6.92 Å². The Bertz CT molecular complexity index is 661. The van der Waals surface area contributed by atoms with Crippen LogP contribution in [0.15, 0.2) is 30.6 Å². The highest BCUT2D eigenvalue weighted by Gasteiger charge is 2.10. The number of carbonyl (C=O) groups is 1. The molecule has 0 saturated carbocycles. The summed E-state index contributed by atoms with van der Waals surface area (Å²) in [6, 6.07) is 5.15.